The second-order valence-corrected chi connectivity index (χ2v) is 6.33. The molecule has 1 saturated carbocycles. The number of carbonyl (C=O) groups excluding carboxylic acids is 2. The number of benzene rings is 1. The maximum absolute atomic E-state index is 12.4. The molecule has 1 aliphatic carbocycles. The molecule has 0 saturated heterocycles. The quantitative estimate of drug-likeness (QED) is 0.669. The van der Waals surface area contributed by atoms with Crippen molar-refractivity contribution in [1.29, 1.82) is 0 Å². The summed E-state index contributed by atoms with van der Waals surface area (Å²) in [5.74, 6) is -1.01. The van der Waals surface area contributed by atoms with Crippen LogP contribution in [0.25, 0.3) is 0 Å². The SMILES string of the molecule is O=C1CC(c2ccccc2Cl)CC(=O)C1C=NCCc1cnc[nH]1. The first-order chi connectivity index (χ1) is 11.6. The third kappa shape index (κ3) is 3.79. The topological polar surface area (TPSA) is 75.2 Å². The number of nitrogens with zero attached hydrogens (tertiary/aromatic N) is 2. The van der Waals surface area contributed by atoms with Crippen molar-refractivity contribution < 1.29 is 9.59 Å². The van der Waals surface area contributed by atoms with Gasteiger partial charge in [0.05, 0.1) is 6.33 Å². The molecule has 0 radical (unpaired) electrons. The van der Waals surface area contributed by atoms with Gasteiger partial charge in [0.2, 0.25) is 0 Å². The fourth-order valence-corrected chi connectivity index (χ4v) is 3.26. The molecule has 0 bridgehead atoms. The monoisotopic (exact) mass is 343 g/mol. The lowest BCUT2D eigenvalue weighted by Gasteiger charge is -2.25. The van der Waals surface area contributed by atoms with E-state index >= 15 is 0 Å². The molecule has 0 atom stereocenters. The smallest absolute Gasteiger partial charge is 0.149 e. The van der Waals surface area contributed by atoms with Crippen LogP contribution in [-0.4, -0.2) is 34.3 Å². The van der Waals surface area contributed by atoms with Crippen LogP contribution in [0.2, 0.25) is 5.02 Å². The molecule has 0 aliphatic heterocycles. The van der Waals surface area contributed by atoms with Crippen LogP contribution in [0.4, 0.5) is 0 Å². The summed E-state index contributed by atoms with van der Waals surface area (Å²) in [6.07, 6.45) is 6.21. The largest absolute Gasteiger partial charge is 0.348 e. The van der Waals surface area contributed by atoms with Gasteiger partial charge in [-0.1, -0.05) is 29.8 Å². The van der Waals surface area contributed by atoms with Crippen molar-refractivity contribution >= 4 is 29.4 Å². The van der Waals surface area contributed by atoms with Crippen molar-refractivity contribution in [3.63, 3.8) is 0 Å². The third-order valence-electron chi connectivity index (χ3n) is 4.25. The summed E-state index contributed by atoms with van der Waals surface area (Å²) in [5.41, 5.74) is 1.85. The van der Waals surface area contributed by atoms with Gasteiger partial charge in [0.1, 0.15) is 17.5 Å². The molecule has 0 amide bonds. The summed E-state index contributed by atoms with van der Waals surface area (Å²) in [6.45, 7) is 0.521. The fraction of sp³-hybridized carbons (Fsp3) is 0.333. The minimum atomic E-state index is -0.717. The average molecular weight is 344 g/mol. The number of Topliss-reactive ketones (excluding diaryl/α,β-unsaturated/α-hetero) is 2. The molecule has 1 heterocycles. The van der Waals surface area contributed by atoms with Crippen molar-refractivity contribution in [2.75, 3.05) is 6.54 Å². The van der Waals surface area contributed by atoms with E-state index in [0.717, 1.165) is 11.3 Å². The summed E-state index contributed by atoms with van der Waals surface area (Å²) in [4.78, 5) is 35.9. The number of hydrogen-bond donors (Lipinski definition) is 1. The Labute approximate surface area is 145 Å². The van der Waals surface area contributed by atoms with Crippen molar-refractivity contribution in [3.05, 3.63) is 53.1 Å². The Bertz CT molecular complexity index is 737. The first-order valence-electron chi connectivity index (χ1n) is 7.92. The van der Waals surface area contributed by atoms with Crippen LogP contribution < -0.4 is 0 Å². The van der Waals surface area contributed by atoms with Gasteiger partial charge in [-0.25, -0.2) is 4.98 Å². The number of aromatic nitrogens is 2. The van der Waals surface area contributed by atoms with Gasteiger partial charge in [0.15, 0.2) is 0 Å². The van der Waals surface area contributed by atoms with Gasteiger partial charge in [-0.3, -0.25) is 14.6 Å². The first kappa shape index (κ1) is 16.6. The van der Waals surface area contributed by atoms with Crippen molar-refractivity contribution in [1.82, 2.24) is 9.97 Å². The molecule has 0 unspecified atom stereocenters. The molecule has 0 spiro atoms. The molecular formula is C18H18ClN3O2. The molecule has 5 nitrogen and oxygen atoms in total. The first-order valence-corrected chi connectivity index (χ1v) is 8.30. The van der Waals surface area contributed by atoms with Crippen LogP contribution in [0.15, 0.2) is 41.8 Å². The van der Waals surface area contributed by atoms with Crippen LogP contribution in [0, 0.1) is 5.92 Å². The van der Waals surface area contributed by atoms with E-state index in [1.54, 1.807) is 18.6 Å². The van der Waals surface area contributed by atoms with E-state index in [1.807, 2.05) is 18.2 Å². The van der Waals surface area contributed by atoms with E-state index in [0.29, 0.717) is 30.8 Å². The highest BCUT2D eigenvalue weighted by atomic mass is 35.5. The molecule has 6 heteroatoms. The summed E-state index contributed by atoms with van der Waals surface area (Å²) >= 11 is 6.18. The number of nitrogens with one attached hydrogen (secondary N) is 1. The zero-order valence-electron chi connectivity index (χ0n) is 13.1. The van der Waals surface area contributed by atoms with Gasteiger partial charge in [0, 0.05) is 48.9 Å². The van der Waals surface area contributed by atoms with E-state index < -0.39 is 5.92 Å². The van der Waals surface area contributed by atoms with Crippen molar-refractivity contribution in [3.8, 4) is 0 Å². The van der Waals surface area contributed by atoms with Gasteiger partial charge in [-0.15, -0.1) is 0 Å². The number of carbonyl (C=O) groups is 2. The molecule has 1 aromatic heterocycles. The maximum atomic E-state index is 12.4. The van der Waals surface area contributed by atoms with Gasteiger partial charge in [-0.05, 0) is 17.5 Å². The number of aromatic amines is 1. The summed E-state index contributed by atoms with van der Waals surface area (Å²) in [7, 11) is 0. The molecule has 2 aromatic rings. The van der Waals surface area contributed by atoms with E-state index in [4.69, 9.17) is 11.6 Å². The standard InChI is InChI=1S/C18H18ClN3O2/c19-16-4-2-1-3-14(16)12-7-17(23)15(18(24)8-12)10-20-6-5-13-9-21-11-22-13/h1-4,9-12,15H,5-8H2,(H,21,22). The second kappa shape index (κ2) is 7.53. The Morgan fingerprint density at radius 2 is 2.00 bits per heavy atom. The molecule has 3 rings (SSSR count). The number of rotatable bonds is 5. The van der Waals surface area contributed by atoms with E-state index in [1.165, 1.54) is 6.21 Å². The van der Waals surface area contributed by atoms with Crippen LogP contribution in [0.5, 0.6) is 0 Å². The number of hydrogen-bond acceptors (Lipinski definition) is 4. The van der Waals surface area contributed by atoms with Crippen molar-refractivity contribution in [2.24, 2.45) is 10.9 Å². The summed E-state index contributed by atoms with van der Waals surface area (Å²) < 4.78 is 0. The molecule has 124 valence electrons. The van der Waals surface area contributed by atoms with Crippen LogP contribution >= 0.6 is 11.6 Å². The lowest BCUT2D eigenvalue weighted by atomic mass is 9.77. The maximum Gasteiger partial charge on any atom is 0.149 e. The number of ketones is 2. The van der Waals surface area contributed by atoms with E-state index in [-0.39, 0.29) is 17.5 Å². The Morgan fingerprint density at radius 3 is 2.67 bits per heavy atom. The molecule has 1 aliphatic rings. The molecule has 24 heavy (non-hydrogen) atoms. The average Bonchev–Trinajstić information content (AvgIpc) is 3.07. The highest BCUT2D eigenvalue weighted by Crippen LogP contribution is 2.34. The molecule has 1 N–H and O–H groups in total. The Morgan fingerprint density at radius 1 is 1.25 bits per heavy atom. The normalized spacial score (nSPS) is 21.5. The Balaban J connectivity index is 1.60. The van der Waals surface area contributed by atoms with Crippen LogP contribution in [0.3, 0.4) is 0 Å². The van der Waals surface area contributed by atoms with Gasteiger partial charge < -0.3 is 4.98 Å². The third-order valence-corrected chi connectivity index (χ3v) is 4.60. The van der Waals surface area contributed by atoms with Crippen molar-refractivity contribution in [2.45, 2.75) is 25.2 Å². The highest BCUT2D eigenvalue weighted by molar-refractivity contribution is 6.31. The molecular weight excluding hydrogens is 326 g/mol. The predicted octanol–water partition coefficient (Wildman–Crippen LogP) is 3.01. The van der Waals surface area contributed by atoms with Crippen LogP contribution in [0.1, 0.15) is 30.0 Å². The molecule has 1 fully saturated rings. The highest BCUT2D eigenvalue weighted by Gasteiger charge is 2.35. The minimum absolute atomic E-state index is 0.0820. The number of imidazole rings is 1. The van der Waals surface area contributed by atoms with Gasteiger partial charge >= 0.3 is 0 Å². The van der Waals surface area contributed by atoms with Crippen LogP contribution in [-0.2, 0) is 16.0 Å². The fourth-order valence-electron chi connectivity index (χ4n) is 2.97. The van der Waals surface area contributed by atoms with Gasteiger partial charge in [0.25, 0.3) is 0 Å². The van der Waals surface area contributed by atoms with E-state index in [9.17, 15) is 9.59 Å². The zero-order chi connectivity index (χ0) is 16.9. The summed E-state index contributed by atoms with van der Waals surface area (Å²) in [5, 5.41) is 0.606. The second-order valence-electron chi connectivity index (χ2n) is 5.92. The lowest BCUT2D eigenvalue weighted by Crippen LogP contribution is -2.33. The number of H-pyrrole nitrogens is 1. The Hall–Kier alpha value is -2.27. The number of halogens is 1. The van der Waals surface area contributed by atoms with E-state index in [2.05, 4.69) is 15.0 Å². The number of aliphatic imine (C=N–C) groups is 1. The summed E-state index contributed by atoms with van der Waals surface area (Å²) in [6, 6.07) is 7.38. The van der Waals surface area contributed by atoms with Gasteiger partial charge in [-0.2, -0.15) is 0 Å². The zero-order valence-corrected chi connectivity index (χ0v) is 13.9. The predicted molar refractivity (Wildman–Crippen MR) is 92.6 cm³/mol. The Kier molecular flexibility index (Phi) is 5.20. The lowest BCUT2D eigenvalue weighted by molar-refractivity contribution is -0.133. The minimum Gasteiger partial charge on any atom is -0.348 e. The molecule has 1 aromatic carbocycles.